The number of nitrogens with zero attached hydrogens (tertiary/aromatic N) is 3. The van der Waals surface area contributed by atoms with E-state index in [1.165, 1.54) is 24.7 Å². The summed E-state index contributed by atoms with van der Waals surface area (Å²) < 4.78 is 27.3. The Kier molecular flexibility index (Phi) is 6.32. The molecule has 7 heteroatoms. The van der Waals surface area contributed by atoms with Crippen molar-refractivity contribution < 1.29 is 8.42 Å². The molecule has 160 valence electrons. The topological polar surface area (TPSA) is 75.2 Å². The molecular weight excluding hydrogens is 408 g/mol. The van der Waals surface area contributed by atoms with Gasteiger partial charge in [0, 0.05) is 24.3 Å². The minimum Gasteiger partial charge on any atom is -0.355 e. The number of hydrogen-bond acceptors (Lipinski definition) is 5. The van der Waals surface area contributed by atoms with Crippen molar-refractivity contribution in [3.8, 4) is 11.3 Å². The molecule has 1 aliphatic rings. The molecule has 0 atom stereocenters. The SMILES string of the molecule is Cc1ccc(/C=C/S(=O)(=O)Nc2ccc(-c3ccc(N4CCCCC4)nn3)cc2)cc1. The summed E-state index contributed by atoms with van der Waals surface area (Å²) in [5.41, 5.74) is 4.10. The minimum absolute atomic E-state index is 0.496. The van der Waals surface area contributed by atoms with Gasteiger partial charge >= 0.3 is 0 Å². The third-order valence-electron chi connectivity index (χ3n) is 5.29. The largest absolute Gasteiger partial charge is 0.355 e. The second-order valence-electron chi connectivity index (χ2n) is 7.76. The molecule has 0 bridgehead atoms. The van der Waals surface area contributed by atoms with Crippen LogP contribution in [0.15, 0.2) is 66.1 Å². The van der Waals surface area contributed by atoms with E-state index < -0.39 is 10.0 Å². The molecule has 3 aromatic rings. The summed E-state index contributed by atoms with van der Waals surface area (Å²) >= 11 is 0. The van der Waals surface area contributed by atoms with Gasteiger partial charge in [-0.25, -0.2) is 8.42 Å². The highest BCUT2D eigenvalue weighted by Gasteiger charge is 2.13. The van der Waals surface area contributed by atoms with Gasteiger partial charge < -0.3 is 4.90 Å². The molecule has 1 fully saturated rings. The fourth-order valence-electron chi connectivity index (χ4n) is 3.52. The lowest BCUT2D eigenvalue weighted by Gasteiger charge is -2.27. The zero-order valence-electron chi connectivity index (χ0n) is 17.5. The highest BCUT2D eigenvalue weighted by molar-refractivity contribution is 7.95. The van der Waals surface area contributed by atoms with Crippen LogP contribution in [0.2, 0.25) is 0 Å². The zero-order valence-corrected chi connectivity index (χ0v) is 18.3. The number of rotatable bonds is 6. The van der Waals surface area contributed by atoms with Gasteiger partial charge in [-0.2, -0.15) is 0 Å². The molecule has 6 nitrogen and oxygen atoms in total. The smallest absolute Gasteiger partial charge is 0.255 e. The molecule has 31 heavy (non-hydrogen) atoms. The number of sulfonamides is 1. The molecule has 1 aliphatic heterocycles. The molecule has 2 aromatic carbocycles. The van der Waals surface area contributed by atoms with Crippen molar-refractivity contribution in [2.45, 2.75) is 26.2 Å². The third kappa shape index (κ3) is 5.70. The number of anilines is 2. The lowest BCUT2D eigenvalue weighted by molar-refractivity contribution is 0.571. The van der Waals surface area contributed by atoms with Crippen LogP contribution in [0.4, 0.5) is 11.5 Å². The number of aromatic nitrogens is 2. The van der Waals surface area contributed by atoms with Crippen molar-refractivity contribution in [2.24, 2.45) is 0 Å². The maximum atomic E-state index is 12.4. The van der Waals surface area contributed by atoms with E-state index in [2.05, 4.69) is 19.8 Å². The van der Waals surface area contributed by atoms with Gasteiger partial charge in [-0.05, 0) is 62.1 Å². The Balaban J connectivity index is 1.41. The van der Waals surface area contributed by atoms with Crippen molar-refractivity contribution in [3.05, 3.63) is 77.2 Å². The number of aryl methyl sites for hydroxylation is 1. The van der Waals surface area contributed by atoms with E-state index in [4.69, 9.17) is 0 Å². The van der Waals surface area contributed by atoms with Gasteiger partial charge in [-0.1, -0.05) is 42.0 Å². The summed E-state index contributed by atoms with van der Waals surface area (Å²) in [5, 5.41) is 9.91. The van der Waals surface area contributed by atoms with Crippen molar-refractivity contribution in [3.63, 3.8) is 0 Å². The van der Waals surface area contributed by atoms with Gasteiger partial charge in [0.15, 0.2) is 5.82 Å². The molecule has 0 amide bonds. The van der Waals surface area contributed by atoms with E-state index in [-0.39, 0.29) is 0 Å². The first-order chi connectivity index (χ1) is 15.0. The summed E-state index contributed by atoms with van der Waals surface area (Å²) in [5.74, 6) is 0.910. The molecule has 0 unspecified atom stereocenters. The Bertz CT molecular complexity index is 1130. The summed E-state index contributed by atoms with van der Waals surface area (Å²) in [4.78, 5) is 2.27. The summed E-state index contributed by atoms with van der Waals surface area (Å²) in [6, 6.07) is 18.8. The van der Waals surface area contributed by atoms with Crippen LogP contribution in [0, 0.1) is 6.92 Å². The van der Waals surface area contributed by atoms with Crippen molar-refractivity contribution in [2.75, 3.05) is 22.7 Å². The first-order valence-electron chi connectivity index (χ1n) is 10.5. The van der Waals surface area contributed by atoms with Gasteiger partial charge in [0.1, 0.15) is 0 Å². The lowest BCUT2D eigenvalue weighted by atomic mass is 10.1. The van der Waals surface area contributed by atoms with Crippen LogP contribution in [-0.4, -0.2) is 31.7 Å². The predicted molar refractivity (Wildman–Crippen MR) is 126 cm³/mol. The first kappa shape index (κ1) is 21.1. The maximum absolute atomic E-state index is 12.4. The highest BCUT2D eigenvalue weighted by Crippen LogP contribution is 2.23. The number of benzene rings is 2. The Labute approximate surface area is 183 Å². The highest BCUT2D eigenvalue weighted by atomic mass is 32.2. The van der Waals surface area contributed by atoms with E-state index in [9.17, 15) is 8.42 Å². The van der Waals surface area contributed by atoms with E-state index in [0.29, 0.717) is 5.69 Å². The standard InChI is InChI=1S/C24H26N4O2S/c1-19-5-7-20(8-6-19)15-18-31(29,30)27-22-11-9-21(10-12-22)23-13-14-24(26-25-23)28-16-3-2-4-17-28/h5-15,18,27H,2-4,16-17H2,1H3/b18-15+. The van der Waals surface area contributed by atoms with Crippen LogP contribution < -0.4 is 9.62 Å². The van der Waals surface area contributed by atoms with Gasteiger partial charge in [-0.15, -0.1) is 10.2 Å². The van der Waals surface area contributed by atoms with E-state index >= 15 is 0 Å². The molecular formula is C24H26N4O2S. The van der Waals surface area contributed by atoms with Crippen LogP contribution in [0.25, 0.3) is 17.3 Å². The van der Waals surface area contributed by atoms with Gasteiger partial charge in [-0.3, -0.25) is 4.72 Å². The van der Waals surface area contributed by atoms with Crippen molar-refractivity contribution in [1.82, 2.24) is 10.2 Å². The molecule has 1 aromatic heterocycles. The second-order valence-corrected chi connectivity index (χ2v) is 9.33. The lowest BCUT2D eigenvalue weighted by Crippen LogP contribution is -2.30. The average molecular weight is 435 g/mol. The monoisotopic (exact) mass is 434 g/mol. The quantitative estimate of drug-likeness (QED) is 0.600. The molecule has 4 rings (SSSR count). The second kappa shape index (κ2) is 9.31. The molecule has 1 saturated heterocycles. The molecule has 1 N–H and O–H groups in total. The maximum Gasteiger partial charge on any atom is 0.255 e. The van der Waals surface area contributed by atoms with Crippen molar-refractivity contribution in [1.29, 1.82) is 0 Å². The average Bonchev–Trinajstić information content (AvgIpc) is 2.80. The fourth-order valence-corrected chi connectivity index (χ4v) is 4.39. The summed E-state index contributed by atoms with van der Waals surface area (Å²) in [6.45, 7) is 4.05. The normalized spacial score (nSPS) is 14.7. The van der Waals surface area contributed by atoms with E-state index in [1.54, 1.807) is 18.2 Å². The molecule has 0 spiro atoms. The minimum atomic E-state index is -3.60. The molecule has 2 heterocycles. The van der Waals surface area contributed by atoms with Crippen LogP contribution in [0.5, 0.6) is 0 Å². The van der Waals surface area contributed by atoms with Crippen molar-refractivity contribution >= 4 is 27.6 Å². The molecule has 0 saturated carbocycles. The summed E-state index contributed by atoms with van der Waals surface area (Å²) in [6.07, 6.45) is 5.25. The summed E-state index contributed by atoms with van der Waals surface area (Å²) in [7, 11) is -3.60. The zero-order chi connectivity index (χ0) is 21.7. The number of nitrogens with one attached hydrogen (secondary N) is 1. The third-order valence-corrected chi connectivity index (χ3v) is 6.30. The van der Waals surface area contributed by atoms with Gasteiger partial charge in [0.25, 0.3) is 10.0 Å². The van der Waals surface area contributed by atoms with Gasteiger partial charge in [0.05, 0.1) is 11.1 Å². The Hall–Kier alpha value is -3.19. The predicted octanol–water partition coefficient (Wildman–Crippen LogP) is 4.85. The Morgan fingerprint density at radius 2 is 1.58 bits per heavy atom. The van der Waals surface area contributed by atoms with Crippen LogP contribution in [-0.2, 0) is 10.0 Å². The van der Waals surface area contributed by atoms with Crippen LogP contribution in [0.3, 0.4) is 0 Å². The van der Waals surface area contributed by atoms with Crippen LogP contribution >= 0.6 is 0 Å². The number of hydrogen-bond donors (Lipinski definition) is 1. The number of piperidine rings is 1. The Morgan fingerprint density at radius 1 is 0.871 bits per heavy atom. The first-order valence-corrected chi connectivity index (χ1v) is 12.0. The molecule has 0 aliphatic carbocycles. The van der Waals surface area contributed by atoms with E-state index in [1.807, 2.05) is 55.5 Å². The van der Waals surface area contributed by atoms with Gasteiger partial charge in [0.2, 0.25) is 0 Å². The van der Waals surface area contributed by atoms with E-state index in [0.717, 1.165) is 41.3 Å². The fraction of sp³-hybridized carbons (Fsp3) is 0.250. The molecule has 0 radical (unpaired) electrons. The Morgan fingerprint density at radius 3 is 2.23 bits per heavy atom. The van der Waals surface area contributed by atoms with Crippen LogP contribution in [0.1, 0.15) is 30.4 Å².